The zero-order chi connectivity index (χ0) is 9.43. The second-order valence-electron chi connectivity index (χ2n) is 5.69. The summed E-state index contributed by atoms with van der Waals surface area (Å²) in [7, 11) is -1.44. The summed E-state index contributed by atoms with van der Waals surface area (Å²) >= 11 is 0. The fourth-order valence-electron chi connectivity index (χ4n) is 2.20. The van der Waals surface area contributed by atoms with Crippen LogP contribution < -0.4 is 0 Å². The summed E-state index contributed by atoms with van der Waals surface area (Å²) in [6.45, 7) is 2.06. The lowest BCUT2D eigenvalue weighted by atomic mass is 10.3. The van der Waals surface area contributed by atoms with E-state index < -0.39 is 9.16 Å². The second kappa shape index (κ2) is 2.67. The van der Waals surface area contributed by atoms with Gasteiger partial charge in [0.15, 0.2) is 0 Å². The van der Waals surface area contributed by atoms with Crippen molar-refractivity contribution in [2.45, 2.75) is 25.0 Å². The number of thiol groups is 1. The third kappa shape index (κ3) is 2.17. The van der Waals surface area contributed by atoms with Crippen LogP contribution in [0.1, 0.15) is 19.8 Å². The minimum absolute atomic E-state index is 0.253. The molecule has 1 saturated carbocycles. The molecule has 0 saturated heterocycles. The van der Waals surface area contributed by atoms with Gasteiger partial charge in [0, 0.05) is 5.92 Å². The van der Waals surface area contributed by atoms with Crippen LogP contribution in [0.15, 0.2) is 0 Å². The SMILES string of the molecule is CC(C#N)C[SH](C)(C)(C)C1CC1. The van der Waals surface area contributed by atoms with Crippen molar-refractivity contribution >= 4 is 9.16 Å². The Balaban J connectivity index is 2.64. The first-order chi connectivity index (χ1) is 5.33. The molecule has 0 aromatic carbocycles. The summed E-state index contributed by atoms with van der Waals surface area (Å²) < 4.78 is 0. The molecule has 2 heteroatoms. The summed E-state index contributed by atoms with van der Waals surface area (Å²) in [6, 6.07) is 2.36. The number of nitrogens with zero attached hydrogens (tertiary/aromatic N) is 1. The normalized spacial score (nSPS) is 23.8. The first-order valence-corrected chi connectivity index (χ1v) is 8.56. The van der Waals surface area contributed by atoms with Crippen LogP contribution in [0.5, 0.6) is 0 Å². The van der Waals surface area contributed by atoms with Gasteiger partial charge in [-0.1, -0.05) is 0 Å². The highest BCUT2D eigenvalue weighted by Crippen LogP contribution is 2.71. The van der Waals surface area contributed by atoms with Crippen LogP contribution in [0.4, 0.5) is 0 Å². The Morgan fingerprint density at radius 3 is 2.25 bits per heavy atom. The van der Waals surface area contributed by atoms with E-state index in [1.807, 2.05) is 0 Å². The smallest absolute Gasteiger partial charge is 0.0660 e. The highest BCUT2D eigenvalue weighted by atomic mass is 32.3. The Morgan fingerprint density at radius 2 is 1.92 bits per heavy atom. The molecule has 1 aliphatic rings. The summed E-state index contributed by atoms with van der Waals surface area (Å²) in [6.07, 6.45) is 10.2. The van der Waals surface area contributed by atoms with Crippen molar-refractivity contribution in [3.05, 3.63) is 0 Å². The molecule has 0 N–H and O–H groups in total. The standard InChI is InChI=1S/C10H21NS/c1-9(7-11)8-12(2,3,4)10-5-6-10/h9-10,12H,5-6,8H2,1-4H3. The van der Waals surface area contributed by atoms with Crippen LogP contribution in [0, 0.1) is 17.2 Å². The molecule has 0 aliphatic heterocycles. The summed E-state index contributed by atoms with van der Waals surface area (Å²) in [5.41, 5.74) is 0. The van der Waals surface area contributed by atoms with Crippen LogP contribution in [0.2, 0.25) is 0 Å². The van der Waals surface area contributed by atoms with Crippen molar-refractivity contribution in [1.82, 2.24) is 0 Å². The van der Waals surface area contributed by atoms with Gasteiger partial charge >= 0.3 is 0 Å². The Kier molecular flexibility index (Phi) is 2.21. The van der Waals surface area contributed by atoms with E-state index in [0.29, 0.717) is 0 Å². The topological polar surface area (TPSA) is 23.8 Å². The number of nitriles is 1. The van der Waals surface area contributed by atoms with Gasteiger partial charge in [0.05, 0.1) is 6.07 Å². The van der Waals surface area contributed by atoms with E-state index in [-0.39, 0.29) is 5.92 Å². The van der Waals surface area contributed by atoms with Gasteiger partial charge in [0.2, 0.25) is 0 Å². The maximum Gasteiger partial charge on any atom is 0.0660 e. The molecule has 0 radical (unpaired) electrons. The van der Waals surface area contributed by atoms with Crippen molar-refractivity contribution in [2.24, 2.45) is 5.92 Å². The van der Waals surface area contributed by atoms with Gasteiger partial charge < -0.3 is 0 Å². The zero-order valence-electron chi connectivity index (χ0n) is 8.67. The molecule has 1 nitrogen and oxygen atoms in total. The first-order valence-electron chi connectivity index (χ1n) is 4.73. The van der Waals surface area contributed by atoms with E-state index in [4.69, 9.17) is 5.26 Å². The lowest BCUT2D eigenvalue weighted by Crippen LogP contribution is -2.25. The molecule has 0 aromatic heterocycles. The van der Waals surface area contributed by atoms with Crippen molar-refractivity contribution in [3.8, 4) is 6.07 Å². The number of hydrogen-bond donors (Lipinski definition) is 1. The minimum Gasteiger partial charge on any atom is -0.286 e. The molecule has 1 aliphatic carbocycles. The number of hydrogen-bond acceptors (Lipinski definition) is 1. The molecule has 0 bridgehead atoms. The first kappa shape index (κ1) is 9.92. The van der Waals surface area contributed by atoms with Gasteiger partial charge in [0.25, 0.3) is 0 Å². The molecule has 0 heterocycles. The predicted octanol–water partition coefficient (Wildman–Crippen LogP) is 2.27. The molecule has 0 amide bonds. The average Bonchev–Trinajstić information content (AvgIpc) is 2.65. The third-order valence-corrected chi connectivity index (χ3v) is 8.13. The Hall–Kier alpha value is -0.160. The molecule has 1 fully saturated rings. The van der Waals surface area contributed by atoms with Crippen molar-refractivity contribution in [2.75, 3.05) is 24.5 Å². The summed E-state index contributed by atoms with van der Waals surface area (Å²) in [5.74, 6) is 1.41. The quantitative estimate of drug-likeness (QED) is 0.673. The largest absolute Gasteiger partial charge is 0.286 e. The second-order valence-corrected chi connectivity index (χ2v) is 13.3. The Morgan fingerprint density at radius 1 is 1.42 bits per heavy atom. The van der Waals surface area contributed by atoms with Crippen molar-refractivity contribution in [1.29, 1.82) is 5.26 Å². The van der Waals surface area contributed by atoms with Crippen LogP contribution in [0.3, 0.4) is 0 Å². The van der Waals surface area contributed by atoms with Gasteiger partial charge in [-0.05, 0) is 49.5 Å². The minimum atomic E-state index is -1.44. The molecular weight excluding hydrogens is 166 g/mol. The van der Waals surface area contributed by atoms with E-state index >= 15 is 0 Å². The number of rotatable bonds is 3. The van der Waals surface area contributed by atoms with Crippen LogP contribution in [-0.4, -0.2) is 29.8 Å². The fourth-order valence-corrected chi connectivity index (χ4v) is 6.60. The van der Waals surface area contributed by atoms with Gasteiger partial charge in [-0.2, -0.15) is 5.26 Å². The van der Waals surface area contributed by atoms with Crippen LogP contribution in [0.25, 0.3) is 0 Å². The van der Waals surface area contributed by atoms with Gasteiger partial charge in [0.1, 0.15) is 0 Å². The maximum absolute atomic E-state index is 8.79. The Bertz CT molecular complexity index is 214. The average molecular weight is 187 g/mol. The van der Waals surface area contributed by atoms with Gasteiger partial charge in [-0.25, -0.2) is 0 Å². The molecule has 1 unspecified atom stereocenters. The maximum atomic E-state index is 8.79. The lowest BCUT2D eigenvalue weighted by molar-refractivity contribution is 0.852. The third-order valence-electron chi connectivity index (χ3n) is 3.05. The van der Waals surface area contributed by atoms with Crippen LogP contribution in [-0.2, 0) is 0 Å². The summed E-state index contributed by atoms with van der Waals surface area (Å²) in [5, 5.41) is 9.76. The molecule has 1 atom stereocenters. The summed E-state index contributed by atoms with van der Waals surface area (Å²) in [4.78, 5) is 0. The van der Waals surface area contributed by atoms with E-state index in [1.165, 1.54) is 12.8 Å². The molecule has 12 heavy (non-hydrogen) atoms. The molecule has 0 aromatic rings. The van der Waals surface area contributed by atoms with Gasteiger partial charge in [-0.15, -0.1) is 0 Å². The van der Waals surface area contributed by atoms with Crippen LogP contribution >= 0.6 is 9.16 Å². The van der Waals surface area contributed by atoms with E-state index in [2.05, 4.69) is 31.8 Å². The fraction of sp³-hybridized carbons (Fsp3) is 0.900. The predicted molar refractivity (Wildman–Crippen MR) is 59.4 cm³/mol. The molecule has 72 valence electrons. The highest BCUT2D eigenvalue weighted by molar-refractivity contribution is 8.48. The highest BCUT2D eigenvalue weighted by Gasteiger charge is 2.43. The molecule has 0 spiro atoms. The van der Waals surface area contributed by atoms with Gasteiger partial charge in [-0.3, -0.25) is 9.16 Å². The lowest BCUT2D eigenvalue weighted by Gasteiger charge is -2.53. The van der Waals surface area contributed by atoms with E-state index in [9.17, 15) is 0 Å². The van der Waals surface area contributed by atoms with Crippen molar-refractivity contribution in [3.63, 3.8) is 0 Å². The van der Waals surface area contributed by atoms with E-state index in [0.717, 1.165) is 11.0 Å². The van der Waals surface area contributed by atoms with Crippen molar-refractivity contribution < 1.29 is 0 Å². The van der Waals surface area contributed by atoms with E-state index in [1.54, 1.807) is 0 Å². The Labute approximate surface area is 76.4 Å². The zero-order valence-corrected chi connectivity index (χ0v) is 9.56. The monoisotopic (exact) mass is 187 g/mol. The molecular formula is C10H21NS. The molecule has 1 rings (SSSR count).